The second kappa shape index (κ2) is 9.10. The Kier molecular flexibility index (Phi) is 5.86. The fourth-order valence-corrected chi connectivity index (χ4v) is 4.69. The minimum atomic E-state index is 0.0719. The fourth-order valence-electron chi connectivity index (χ4n) is 4.69. The Labute approximate surface area is 194 Å². The van der Waals surface area contributed by atoms with Gasteiger partial charge in [0.15, 0.2) is 0 Å². The Balaban J connectivity index is 1.36. The monoisotopic (exact) mass is 439 g/mol. The van der Waals surface area contributed by atoms with E-state index in [1.165, 1.54) is 0 Å². The highest BCUT2D eigenvalue weighted by atomic mass is 16.5. The first-order valence-electron chi connectivity index (χ1n) is 11.6. The molecule has 5 heteroatoms. The van der Waals surface area contributed by atoms with Crippen LogP contribution in [0.15, 0.2) is 72.8 Å². The quantitative estimate of drug-likeness (QED) is 0.350. The molecule has 0 saturated carbocycles. The number of anilines is 1. The lowest BCUT2D eigenvalue weighted by Crippen LogP contribution is -2.24. The molecule has 168 valence electrons. The molecule has 33 heavy (non-hydrogen) atoms. The molecule has 3 aromatic carbocycles. The fraction of sp³-hybridized carbons (Fsp3) is 0.286. The first kappa shape index (κ1) is 21.3. The van der Waals surface area contributed by atoms with Crippen molar-refractivity contribution in [2.45, 2.75) is 39.2 Å². The highest BCUT2D eigenvalue weighted by molar-refractivity contribution is 5.96. The third kappa shape index (κ3) is 4.36. The smallest absolute Gasteiger partial charge is 0.227 e. The summed E-state index contributed by atoms with van der Waals surface area (Å²) in [7, 11) is 0. The van der Waals surface area contributed by atoms with Crippen LogP contribution in [0.3, 0.4) is 0 Å². The molecular weight excluding hydrogens is 410 g/mol. The van der Waals surface area contributed by atoms with Gasteiger partial charge in [0.25, 0.3) is 0 Å². The van der Waals surface area contributed by atoms with Crippen LogP contribution in [-0.4, -0.2) is 28.6 Å². The summed E-state index contributed by atoms with van der Waals surface area (Å²) in [5, 5.41) is 0. The second-order valence-corrected chi connectivity index (χ2v) is 8.82. The van der Waals surface area contributed by atoms with Gasteiger partial charge in [-0.05, 0) is 61.7 Å². The van der Waals surface area contributed by atoms with E-state index in [1.54, 1.807) is 0 Å². The van der Waals surface area contributed by atoms with Gasteiger partial charge in [-0.1, -0.05) is 42.5 Å². The summed E-state index contributed by atoms with van der Waals surface area (Å²) >= 11 is 0. The van der Waals surface area contributed by atoms with Gasteiger partial charge in [0, 0.05) is 31.1 Å². The lowest BCUT2D eigenvalue weighted by molar-refractivity contribution is -0.117. The molecule has 0 spiro atoms. The number of aryl methyl sites for hydroxylation is 3. The highest BCUT2D eigenvalue weighted by Crippen LogP contribution is 2.33. The van der Waals surface area contributed by atoms with Gasteiger partial charge in [0.05, 0.1) is 17.6 Å². The van der Waals surface area contributed by atoms with E-state index in [1.807, 2.05) is 53.4 Å². The Morgan fingerprint density at radius 3 is 2.67 bits per heavy atom. The third-order valence-electron chi connectivity index (χ3n) is 6.36. The lowest BCUT2D eigenvalue weighted by atomic mass is 10.1. The van der Waals surface area contributed by atoms with E-state index >= 15 is 0 Å². The van der Waals surface area contributed by atoms with Crippen molar-refractivity contribution in [3.05, 3.63) is 89.7 Å². The van der Waals surface area contributed by atoms with E-state index in [-0.39, 0.29) is 11.8 Å². The number of carbonyl (C=O) groups excluding carboxylic acids is 1. The number of benzene rings is 3. The standard InChI is InChI=1S/C28H29N3O2/c1-20-9-7-11-23(17-20)31-19-22(18-27(31)32)28-29-24-12-4-5-13-25(24)30(28)15-8-16-33-26-14-6-3-10-21(26)2/h3-7,9-14,17,22H,8,15-16,18-19H2,1-2H3. The van der Waals surface area contributed by atoms with E-state index in [4.69, 9.17) is 9.72 Å². The molecule has 2 heterocycles. The number of hydrogen-bond acceptors (Lipinski definition) is 3. The van der Waals surface area contributed by atoms with Gasteiger partial charge in [-0.2, -0.15) is 0 Å². The Bertz CT molecular complexity index is 1290. The van der Waals surface area contributed by atoms with Gasteiger partial charge in [-0.25, -0.2) is 4.98 Å². The van der Waals surface area contributed by atoms with Crippen LogP contribution >= 0.6 is 0 Å². The van der Waals surface area contributed by atoms with Gasteiger partial charge in [-0.3, -0.25) is 4.79 Å². The van der Waals surface area contributed by atoms with E-state index in [0.29, 0.717) is 19.6 Å². The van der Waals surface area contributed by atoms with E-state index in [9.17, 15) is 4.79 Å². The molecule has 0 radical (unpaired) electrons. The molecule has 1 fully saturated rings. The number of hydrogen-bond donors (Lipinski definition) is 0. The molecule has 4 aromatic rings. The van der Waals surface area contributed by atoms with Gasteiger partial charge >= 0.3 is 0 Å². The first-order valence-corrected chi connectivity index (χ1v) is 11.6. The number of ether oxygens (including phenoxy) is 1. The van der Waals surface area contributed by atoms with Crippen molar-refractivity contribution < 1.29 is 9.53 Å². The maximum absolute atomic E-state index is 12.9. The average molecular weight is 440 g/mol. The predicted octanol–water partition coefficient (Wildman–Crippen LogP) is 5.64. The molecule has 0 aliphatic carbocycles. The topological polar surface area (TPSA) is 47.4 Å². The number of fused-ring (bicyclic) bond motifs is 1. The molecule has 1 saturated heterocycles. The minimum absolute atomic E-state index is 0.0719. The van der Waals surface area contributed by atoms with Crippen LogP contribution in [0.2, 0.25) is 0 Å². The summed E-state index contributed by atoms with van der Waals surface area (Å²) in [6, 6.07) is 24.5. The van der Waals surface area contributed by atoms with Gasteiger partial charge in [0.1, 0.15) is 11.6 Å². The molecular formula is C28H29N3O2. The highest BCUT2D eigenvalue weighted by Gasteiger charge is 2.34. The van der Waals surface area contributed by atoms with Crippen molar-refractivity contribution in [1.29, 1.82) is 0 Å². The third-order valence-corrected chi connectivity index (χ3v) is 6.36. The predicted molar refractivity (Wildman–Crippen MR) is 132 cm³/mol. The number of rotatable bonds is 7. The van der Waals surface area contributed by atoms with Crippen LogP contribution in [-0.2, 0) is 11.3 Å². The second-order valence-electron chi connectivity index (χ2n) is 8.82. The maximum atomic E-state index is 12.9. The molecule has 5 rings (SSSR count). The molecule has 1 unspecified atom stereocenters. The van der Waals surface area contributed by atoms with E-state index < -0.39 is 0 Å². The van der Waals surface area contributed by atoms with Gasteiger partial charge < -0.3 is 14.2 Å². The zero-order valence-corrected chi connectivity index (χ0v) is 19.2. The van der Waals surface area contributed by atoms with Crippen molar-refractivity contribution in [3.8, 4) is 5.75 Å². The summed E-state index contributed by atoms with van der Waals surface area (Å²) < 4.78 is 8.31. The minimum Gasteiger partial charge on any atom is -0.493 e. The van der Waals surface area contributed by atoms with E-state index in [2.05, 4.69) is 42.7 Å². The van der Waals surface area contributed by atoms with Crippen molar-refractivity contribution in [1.82, 2.24) is 9.55 Å². The molecule has 1 aliphatic heterocycles. The summed E-state index contributed by atoms with van der Waals surface area (Å²) in [6.45, 7) is 6.21. The lowest BCUT2D eigenvalue weighted by Gasteiger charge is -2.18. The first-order chi connectivity index (χ1) is 16.1. The summed E-state index contributed by atoms with van der Waals surface area (Å²) in [4.78, 5) is 19.8. The number of amides is 1. The summed E-state index contributed by atoms with van der Waals surface area (Å²) in [6.07, 6.45) is 1.35. The molecule has 1 atom stereocenters. The summed E-state index contributed by atoms with van der Waals surface area (Å²) in [5.41, 5.74) is 5.37. The van der Waals surface area contributed by atoms with Crippen LogP contribution in [0.25, 0.3) is 11.0 Å². The largest absolute Gasteiger partial charge is 0.493 e. The van der Waals surface area contributed by atoms with Crippen LogP contribution in [0.1, 0.15) is 35.7 Å². The van der Waals surface area contributed by atoms with Gasteiger partial charge in [-0.15, -0.1) is 0 Å². The molecule has 1 aromatic heterocycles. The summed E-state index contributed by atoms with van der Waals surface area (Å²) in [5.74, 6) is 2.16. The van der Waals surface area contributed by atoms with Crippen molar-refractivity contribution in [2.24, 2.45) is 0 Å². The molecule has 0 bridgehead atoms. The number of para-hydroxylation sites is 3. The number of carbonyl (C=O) groups is 1. The van der Waals surface area contributed by atoms with Crippen molar-refractivity contribution >= 4 is 22.6 Å². The Morgan fingerprint density at radius 2 is 1.82 bits per heavy atom. The van der Waals surface area contributed by atoms with Crippen LogP contribution < -0.4 is 9.64 Å². The molecule has 5 nitrogen and oxygen atoms in total. The van der Waals surface area contributed by atoms with Crippen molar-refractivity contribution in [3.63, 3.8) is 0 Å². The number of aromatic nitrogens is 2. The zero-order valence-electron chi connectivity index (χ0n) is 19.2. The average Bonchev–Trinajstić information content (AvgIpc) is 3.38. The maximum Gasteiger partial charge on any atom is 0.227 e. The SMILES string of the molecule is Cc1cccc(N2CC(c3nc4ccccc4n3CCCOc3ccccc3C)CC2=O)c1. The molecule has 0 N–H and O–H groups in total. The Morgan fingerprint density at radius 1 is 1.00 bits per heavy atom. The zero-order chi connectivity index (χ0) is 22.8. The molecule has 1 aliphatic rings. The van der Waals surface area contributed by atoms with Gasteiger partial charge in [0.2, 0.25) is 5.91 Å². The normalized spacial score (nSPS) is 16.0. The molecule has 1 amide bonds. The number of imidazole rings is 1. The Hall–Kier alpha value is -3.60. The van der Waals surface area contributed by atoms with Crippen LogP contribution in [0, 0.1) is 13.8 Å². The number of nitrogens with zero attached hydrogens (tertiary/aromatic N) is 3. The van der Waals surface area contributed by atoms with Crippen molar-refractivity contribution in [2.75, 3.05) is 18.1 Å². The van der Waals surface area contributed by atoms with Crippen LogP contribution in [0.5, 0.6) is 5.75 Å². The van der Waals surface area contributed by atoms with Crippen LogP contribution in [0.4, 0.5) is 5.69 Å². The van der Waals surface area contributed by atoms with E-state index in [0.717, 1.165) is 52.4 Å².